The van der Waals surface area contributed by atoms with Gasteiger partial charge in [0.1, 0.15) is 5.75 Å². The number of aliphatic hydroxyl groups excluding tert-OH is 1. The summed E-state index contributed by atoms with van der Waals surface area (Å²) < 4.78 is 1.93. The molecule has 2 rings (SSSR count). The van der Waals surface area contributed by atoms with E-state index in [-0.39, 0.29) is 5.75 Å². The zero-order valence-corrected chi connectivity index (χ0v) is 9.22. The highest BCUT2D eigenvalue weighted by Gasteiger charge is 2.13. The summed E-state index contributed by atoms with van der Waals surface area (Å²) in [5, 5.41) is 20.2. The molecule has 1 unspecified atom stereocenters. The van der Waals surface area contributed by atoms with Crippen LogP contribution >= 0.6 is 0 Å². The molecule has 0 aliphatic heterocycles. The summed E-state index contributed by atoms with van der Waals surface area (Å²) in [6.07, 6.45) is -0.0135. The first-order valence-corrected chi connectivity index (χ1v) is 5.30. The van der Waals surface area contributed by atoms with Crippen LogP contribution in [0.3, 0.4) is 0 Å². The number of nitrogens with zero attached hydrogens (tertiary/aromatic N) is 1. The molecule has 0 saturated heterocycles. The third-order valence-electron chi connectivity index (χ3n) is 2.84. The molecule has 0 aliphatic carbocycles. The van der Waals surface area contributed by atoms with E-state index in [0.717, 1.165) is 16.6 Å². The zero-order valence-electron chi connectivity index (χ0n) is 9.22. The lowest BCUT2D eigenvalue weighted by Crippen LogP contribution is -2.09. The van der Waals surface area contributed by atoms with Crippen molar-refractivity contribution in [2.75, 3.05) is 6.54 Å². The summed E-state index contributed by atoms with van der Waals surface area (Å²) >= 11 is 0. The third-order valence-corrected chi connectivity index (χ3v) is 2.84. The number of fused-ring (bicyclic) bond motifs is 1. The molecule has 4 N–H and O–H groups in total. The standard InChI is InChI=1S/C12H16N2O2/c1-14-10-3-2-9(15)6-8(10)7-11(14)12(16)4-5-13/h2-3,6-7,12,15-16H,4-5,13H2,1H3. The number of rotatable bonds is 3. The van der Waals surface area contributed by atoms with Gasteiger partial charge >= 0.3 is 0 Å². The molecule has 2 aromatic rings. The van der Waals surface area contributed by atoms with Gasteiger partial charge < -0.3 is 20.5 Å². The number of nitrogens with two attached hydrogens (primary N) is 1. The number of aliphatic hydroxyl groups is 1. The number of aromatic hydroxyl groups is 1. The summed E-state index contributed by atoms with van der Waals surface area (Å²) in [6.45, 7) is 0.452. The van der Waals surface area contributed by atoms with E-state index in [2.05, 4.69) is 0 Å². The number of hydrogen-bond donors (Lipinski definition) is 3. The Kier molecular flexibility index (Phi) is 2.85. The van der Waals surface area contributed by atoms with Crippen LogP contribution in [0.4, 0.5) is 0 Å². The Hall–Kier alpha value is -1.52. The quantitative estimate of drug-likeness (QED) is 0.729. The van der Waals surface area contributed by atoms with Crippen LogP contribution in [0.15, 0.2) is 24.3 Å². The van der Waals surface area contributed by atoms with E-state index >= 15 is 0 Å². The van der Waals surface area contributed by atoms with E-state index in [1.807, 2.05) is 23.7 Å². The van der Waals surface area contributed by atoms with E-state index in [4.69, 9.17) is 5.73 Å². The largest absolute Gasteiger partial charge is 0.508 e. The lowest BCUT2D eigenvalue weighted by molar-refractivity contribution is 0.162. The minimum atomic E-state index is -0.551. The van der Waals surface area contributed by atoms with Gasteiger partial charge in [0.2, 0.25) is 0 Å². The SMILES string of the molecule is Cn1c(C(O)CCN)cc2cc(O)ccc21. The molecule has 1 atom stereocenters. The van der Waals surface area contributed by atoms with E-state index < -0.39 is 6.10 Å². The van der Waals surface area contributed by atoms with E-state index in [1.165, 1.54) is 0 Å². The summed E-state index contributed by atoms with van der Waals surface area (Å²) in [4.78, 5) is 0. The number of hydrogen-bond acceptors (Lipinski definition) is 3. The second-order valence-electron chi connectivity index (χ2n) is 3.96. The minimum absolute atomic E-state index is 0.234. The van der Waals surface area contributed by atoms with Gasteiger partial charge in [-0.1, -0.05) is 0 Å². The van der Waals surface area contributed by atoms with Gasteiger partial charge in [-0.05, 0) is 37.2 Å². The topological polar surface area (TPSA) is 71.4 Å². The van der Waals surface area contributed by atoms with Crippen molar-refractivity contribution in [2.24, 2.45) is 12.8 Å². The van der Waals surface area contributed by atoms with Crippen LogP contribution in [-0.2, 0) is 7.05 Å². The van der Waals surface area contributed by atoms with Crippen molar-refractivity contribution in [1.29, 1.82) is 0 Å². The Labute approximate surface area is 93.9 Å². The summed E-state index contributed by atoms with van der Waals surface area (Å²) in [5.41, 5.74) is 7.24. The first-order valence-electron chi connectivity index (χ1n) is 5.30. The molecule has 0 saturated carbocycles. The summed E-state index contributed by atoms with van der Waals surface area (Å²) in [6, 6.07) is 7.05. The van der Waals surface area contributed by atoms with Crippen molar-refractivity contribution in [1.82, 2.24) is 4.57 Å². The number of benzene rings is 1. The Bertz CT molecular complexity index is 505. The van der Waals surface area contributed by atoms with Crippen molar-refractivity contribution >= 4 is 10.9 Å². The fraction of sp³-hybridized carbons (Fsp3) is 0.333. The lowest BCUT2D eigenvalue weighted by atomic mass is 10.2. The molecule has 1 aromatic carbocycles. The number of aromatic nitrogens is 1. The van der Waals surface area contributed by atoms with Gasteiger partial charge in [-0.25, -0.2) is 0 Å². The van der Waals surface area contributed by atoms with Crippen LogP contribution in [0.25, 0.3) is 10.9 Å². The molecule has 0 bridgehead atoms. The Morgan fingerprint density at radius 1 is 1.38 bits per heavy atom. The van der Waals surface area contributed by atoms with Crippen LogP contribution in [0.5, 0.6) is 5.75 Å². The predicted molar refractivity (Wildman–Crippen MR) is 63.2 cm³/mol. The predicted octanol–water partition coefficient (Wildman–Crippen LogP) is 1.27. The van der Waals surface area contributed by atoms with Gasteiger partial charge in [-0.15, -0.1) is 0 Å². The molecular weight excluding hydrogens is 204 g/mol. The molecule has 0 radical (unpaired) electrons. The van der Waals surface area contributed by atoms with Crippen molar-refractivity contribution in [3.63, 3.8) is 0 Å². The van der Waals surface area contributed by atoms with Crippen molar-refractivity contribution in [3.05, 3.63) is 30.0 Å². The van der Waals surface area contributed by atoms with Crippen LogP contribution < -0.4 is 5.73 Å². The molecular formula is C12H16N2O2. The Balaban J connectivity index is 2.51. The first kappa shape index (κ1) is 11.0. The van der Waals surface area contributed by atoms with Crippen LogP contribution in [-0.4, -0.2) is 21.3 Å². The summed E-state index contributed by atoms with van der Waals surface area (Å²) in [5.74, 6) is 0.234. The smallest absolute Gasteiger partial charge is 0.116 e. The fourth-order valence-electron chi connectivity index (χ4n) is 1.98. The molecule has 86 valence electrons. The van der Waals surface area contributed by atoms with Crippen molar-refractivity contribution < 1.29 is 10.2 Å². The molecule has 1 aromatic heterocycles. The first-order chi connectivity index (χ1) is 7.63. The van der Waals surface area contributed by atoms with Crippen molar-refractivity contribution in [3.8, 4) is 5.75 Å². The maximum atomic E-state index is 9.91. The van der Waals surface area contributed by atoms with Crippen molar-refractivity contribution in [2.45, 2.75) is 12.5 Å². The van der Waals surface area contributed by atoms with Gasteiger partial charge in [0.25, 0.3) is 0 Å². The Morgan fingerprint density at radius 2 is 2.12 bits per heavy atom. The molecule has 4 heteroatoms. The average Bonchev–Trinajstić information content (AvgIpc) is 2.56. The molecule has 0 aliphatic rings. The normalized spacial score (nSPS) is 13.2. The molecule has 4 nitrogen and oxygen atoms in total. The average molecular weight is 220 g/mol. The highest BCUT2D eigenvalue weighted by atomic mass is 16.3. The zero-order chi connectivity index (χ0) is 11.7. The van der Waals surface area contributed by atoms with Gasteiger partial charge in [0, 0.05) is 23.6 Å². The highest BCUT2D eigenvalue weighted by Crippen LogP contribution is 2.27. The molecule has 0 spiro atoms. The fourth-order valence-corrected chi connectivity index (χ4v) is 1.98. The second-order valence-corrected chi connectivity index (χ2v) is 3.96. The van der Waals surface area contributed by atoms with Gasteiger partial charge in [0.15, 0.2) is 0 Å². The van der Waals surface area contributed by atoms with Gasteiger partial charge in [-0.2, -0.15) is 0 Å². The maximum Gasteiger partial charge on any atom is 0.116 e. The Morgan fingerprint density at radius 3 is 2.81 bits per heavy atom. The van der Waals surface area contributed by atoms with E-state index in [9.17, 15) is 10.2 Å². The van der Waals surface area contributed by atoms with Crippen LogP contribution in [0.1, 0.15) is 18.2 Å². The van der Waals surface area contributed by atoms with E-state index in [1.54, 1.807) is 12.1 Å². The molecule has 0 amide bonds. The molecule has 1 heterocycles. The minimum Gasteiger partial charge on any atom is -0.508 e. The number of phenolic OH excluding ortho intramolecular Hbond substituents is 1. The highest BCUT2D eigenvalue weighted by molar-refractivity contribution is 5.82. The van der Waals surface area contributed by atoms with Crippen LogP contribution in [0, 0.1) is 0 Å². The second kappa shape index (κ2) is 4.15. The number of phenols is 1. The molecule has 0 fully saturated rings. The van der Waals surface area contributed by atoms with Gasteiger partial charge in [-0.3, -0.25) is 0 Å². The summed E-state index contributed by atoms with van der Waals surface area (Å²) in [7, 11) is 1.90. The van der Waals surface area contributed by atoms with Crippen LogP contribution in [0.2, 0.25) is 0 Å². The monoisotopic (exact) mass is 220 g/mol. The van der Waals surface area contributed by atoms with E-state index in [0.29, 0.717) is 13.0 Å². The third kappa shape index (κ3) is 1.77. The lowest BCUT2D eigenvalue weighted by Gasteiger charge is -2.10. The maximum absolute atomic E-state index is 9.91. The van der Waals surface area contributed by atoms with Gasteiger partial charge in [0.05, 0.1) is 6.10 Å². The number of aryl methyl sites for hydroxylation is 1. The molecule has 16 heavy (non-hydrogen) atoms.